The maximum absolute atomic E-state index is 12.4. The van der Waals surface area contributed by atoms with Crippen LogP contribution in [0.4, 0.5) is 11.4 Å². The van der Waals surface area contributed by atoms with Gasteiger partial charge in [0.05, 0.1) is 30.6 Å². The van der Waals surface area contributed by atoms with Crippen molar-refractivity contribution in [1.82, 2.24) is 31.0 Å². The molecule has 13 nitrogen and oxygen atoms in total. The van der Waals surface area contributed by atoms with Crippen molar-refractivity contribution in [2.24, 2.45) is 16.0 Å². The Bertz CT molecular complexity index is 1600. The first-order valence-electron chi connectivity index (χ1n) is 16.7. The van der Waals surface area contributed by atoms with Gasteiger partial charge < -0.3 is 25.8 Å². The van der Waals surface area contributed by atoms with Crippen LogP contribution in [0, 0.1) is 6.92 Å². The zero-order valence-corrected chi connectivity index (χ0v) is 28.2. The van der Waals surface area contributed by atoms with E-state index in [9.17, 15) is 9.59 Å². The predicted octanol–water partition coefficient (Wildman–Crippen LogP) is 5.93. The van der Waals surface area contributed by atoms with Gasteiger partial charge in [0.25, 0.3) is 0 Å². The van der Waals surface area contributed by atoms with E-state index in [2.05, 4.69) is 48.2 Å². The van der Waals surface area contributed by atoms with E-state index in [0.717, 1.165) is 48.2 Å². The third-order valence-corrected chi connectivity index (χ3v) is 7.40. The van der Waals surface area contributed by atoms with E-state index in [-0.39, 0.29) is 11.8 Å². The molecule has 13 heteroatoms. The Morgan fingerprint density at radius 3 is 1.94 bits per heavy atom. The highest BCUT2D eigenvalue weighted by atomic mass is 16.5. The average Bonchev–Trinajstić information content (AvgIpc) is 3.13. The van der Waals surface area contributed by atoms with Gasteiger partial charge in [-0.1, -0.05) is 37.6 Å². The number of nitrogens with zero attached hydrogens (tertiary/aromatic N) is 6. The van der Waals surface area contributed by atoms with Gasteiger partial charge in [0.2, 0.25) is 17.6 Å². The first-order valence-corrected chi connectivity index (χ1v) is 16.7. The predicted molar refractivity (Wildman–Crippen MR) is 187 cm³/mol. The number of nitrogens with one attached hydrogen (secondary N) is 2. The van der Waals surface area contributed by atoms with Crippen LogP contribution in [0.3, 0.4) is 0 Å². The van der Waals surface area contributed by atoms with Gasteiger partial charge in [-0.2, -0.15) is 10.2 Å². The summed E-state index contributed by atoms with van der Waals surface area (Å²) in [6.45, 7) is 5.88. The van der Waals surface area contributed by atoms with Crippen LogP contribution in [0.2, 0.25) is 0 Å². The minimum atomic E-state index is -0.616. The lowest BCUT2D eigenvalue weighted by Gasteiger charge is -2.13. The van der Waals surface area contributed by atoms with Gasteiger partial charge in [-0.05, 0) is 93.1 Å². The van der Waals surface area contributed by atoms with Crippen LogP contribution in [-0.2, 0) is 16.1 Å². The van der Waals surface area contributed by atoms with E-state index in [1.165, 1.54) is 0 Å². The molecule has 0 spiro atoms. The third-order valence-electron chi connectivity index (χ3n) is 7.40. The second-order valence-corrected chi connectivity index (χ2v) is 11.5. The molecule has 1 unspecified atom stereocenters. The number of ether oxygens (including phenoxy) is 2. The number of carbonyl (C=O) groups is 2. The second-order valence-electron chi connectivity index (χ2n) is 11.5. The number of hydrogen-bond acceptors (Lipinski definition) is 11. The van der Waals surface area contributed by atoms with Crippen molar-refractivity contribution >= 4 is 23.2 Å². The molecule has 4 aromatic rings. The smallest absolute Gasteiger partial charge is 0.237 e. The minimum Gasteiger partial charge on any atom is -0.494 e. The summed E-state index contributed by atoms with van der Waals surface area (Å²) in [5, 5.41) is 30.2. The Labute approximate surface area is 287 Å². The lowest BCUT2D eigenvalue weighted by Crippen LogP contribution is -2.40. The van der Waals surface area contributed by atoms with Crippen molar-refractivity contribution in [2.75, 3.05) is 19.8 Å². The Morgan fingerprint density at radius 1 is 0.755 bits per heavy atom. The highest BCUT2D eigenvalue weighted by Crippen LogP contribution is 2.23. The maximum atomic E-state index is 12.4. The first kappa shape index (κ1) is 36.5. The summed E-state index contributed by atoms with van der Waals surface area (Å²) in [6.07, 6.45) is 5.07. The van der Waals surface area contributed by atoms with E-state index in [4.69, 9.17) is 15.2 Å². The SMILES string of the molecule is CCCCOc1ccc(N=Nc2ccc(OCCCC(=O)NCCCCC(N)C(=O)NCc3ccc(-c4nnc(C)nn4)cc3)cc2)cc1. The molecule has 0 bridgehead atoms. The van der Waals surface area contributed by atoms with Gasteiger partial charge >= 0.3 is 0 Å². The van der Waals surface area contributed by atoms with Crippen LogP contribution >= 0.6 is 0 Å². The van der Waals surface area contributed by atoms with E-state index < -0.39 is 6.04 Å². The fourth-order valence-electron chi connectivity index (χ4n) is 4.51. The standard InChI is InChI=1S/C36H45N9O4/c1-3-4-23-48-31-18-14-29(15-19-31)42-43-30-16-20-32(21-17-30)49-24-7-9-34(46)38-22-6-5-8-33(37)36(47)39-25-27-10-12-28(13-11-27)35-44-40-26(2)41-45-35/h10-21,33H,3-9,22-25,37H2,1-2H3,(H,38,46)(H,39,47). The molecular weight excluding hydrogens is 622 g/mol. The van der Waals surface area contributed by atoms with Gasteiger partial charge in [0, 0.05) is 25.1 Å². The normalized spacial score (nSPS) is 11.7. The van der Waals surface area contributed by atoms with Gasteiger partial charge in [-0.25, -0.2) is 0 Å². The zero-order chi connectivity index (χ0) is 34.7. The van der Waals surface area contributed by atoms with E-state index in [0.29, 0.717) is 68.7 Å². The Balaban J connectivity index is 1.02. The summed E-state index contributed by atoms with van der Waals surface area (Å²) < 4.78 is 11.4. The Hall–Kier alpha value is -5.30. The van der Waals surface area contributed by atoms with Crippen LogP contribution in [0.15, 0.2) is 83.0 Å². The van der Waals surface area contributed by atoms with Gasteiger partial charge in [0.15, 0.2) is 5.82 Å². The van der Waals surface area contributed by atoms with Gasteiger partial charge in [-0.3, -0.25) is 9.59 Å². The number of azo groups is 1. The molecule has 0 saturated heterocycles. The van der Waals surface area contributed by atoms with Crippen molar-refractivity contribution in [2.45, 2.75) is 71.4 Å². The quantitative estimate of drug-likeness (QED) is 0.0761. The highest BCUT2D eigenvalue weighted by molar-refractivity contribution is 5.81. The Morgan fingerprint density at radius 2 is 1.35 bits per heavy atom. The lowest BCUT2D eigenvalue weighted by atomic mass is 10.1. The summed E-state index contributed by atoms with van der Waals surface area (Å²) in [5.41, 5.74) is 9.25. The number of benzene rings is 3. The highest BCUT2D eigenvalue weighted by Gasteiger charge is 2.13. The average molecular weight is 668 g/mol. The molecule has 1 aromatic heterocycles. The number of unbranched alkanes of at least 4 members (excludes halogenated alkanes) is 2. The molecule has 0 aliphatic heterocycles. The topological polar surface area (TPSA) is 179 Å². The number of amides is 2. The van der Waals surface area contributed by atoms with Crippen molar-refractivity contribution in [1.29, 1.82) is 0 Å². The minimum absolute atomic E-state index is 0.0329. The van der Waals surface area contributed by atoms with Gasteiger partial charge in [-0.15, -0.1) is 20.4 Å². The number of aromatic nitrogens is 4. The molecule has 258 valence electrons. The summed E-state index contributed by atoms with van der Waals surface area (Å²) in [4.78, 5) is 24.6. The van der Waals surface area contributed by atoms with Crippen molar-refractivity contribution < 1.29 is 19.1 Å². The van der Waals surface area contributed by atoms with Crippen LogP contribution in [0.25, 0.3) is 11.4 Å². The number of rotatable bonds is 20. The Kier molecular flexibility index (Phi) is 15.0. The summed E-state index contributed by atoms with van der Waals surface area (Å²) in [5.74, 6) is 2.24. The number of carbonyl (C=O) groups excluding carboxylic acids is 2. The van der Waals surface area contributed by atoms with E-state index in [1.807, 2.05) is 72.8 Å². The van der Waals surface area contributed by atoms with Crippen LogP contribution < -0.4 is 25.8 Å². The molecule has 0 aliphatic carbocycles. The largest absolute Gasteiger partial charge is 0.494 e. The first-order chi connectivity index (χ1) is 23.9. The molecule has 0 aliphatic rings. The van der Waals surface area contributed by atoms with Crippen LogP contribution in [0.1, 0.15) is 63.3 Å². The molecule has 1 atom stereocenters. The molecule has 1 heterocycles. The maximum Gasteiger partial charge on any atom is 0.237 e. The third kappa shape index (κ3) is 13.4. The van der Waals surface area contributed by atoms with Gasteiger partial charge in [0.1, 0.15) is 11.5 Å². The fourth-order valence-corrected chi connectivity index (χ4v) is 4.51. The fraction of sp³-hybridized carbons (Fsp3) is 0.389. The molecular formula is C36H45N9O4. The van der Waals surface area contributed by atoms with E-state index >= 15 is 0 Å². The van der Waals surface area contributed by atoms with Crippen LogP contribution in [0.5, 0.6) is 11.5 Å². The zero-order valence-electron chi connectivity index (χ0n) is 28.2. The monoisotopic (exact) mass is 667 g/mol. The molecule has 0 fully saturated rings. The number of hydrogen-bond donors (Lipinski definition) is 3. The van der Waals surface area contributed by atoms with Crippen molar-refractivity contribution in [3.63, 3.8) is 0 Å². The van der Waals surface area contributed by atoms with Crippen molar-refractivity contribution in [3.8, 4) is 22.9 Å². The molecule has 3 aromatic carbocycles. The summed E-state index contributed by atoms with van der Waals surface area (Å²) >= 11 is 0. The number of nitrogens with two attached hydrogens (primary N) is 1. The van der Waals surface area contributed by atoms with Crippen LogP contribution in [-0.4, -0.2) is 58.0 Å². The van der Waals surface area contributed by atoms with Crippen molar-refractivity contribution in [3.05, 3.63) is 84.2 Å². The molecule has 49 heavy (non-hydrogen) atoms. The molecule has 0 saturated carbocycles. The molecule has 4 N–H and O–H groups in total. The molecule has 0 radical (unpaired) electrons. The molecule has 2 amide bonds. The second kappa shape index (κ2) is 20.2. The van der Waals surface area contributed by atoms with E-state index in [1.54, 1.807) is 6.92 Å². The number of aryl methyl sites for hydroxylation is 1. The summed E-state index contributed by atoms with van der Waals surface area (Å²) in [7, 11) is 0. The molecule has 4 rings (SSSR count). The lowest BCUT2D eigenvalue weighted by molar-refractivity contribution is -0.123. The summed E-state index contributed by atoms with van der Waals surface area (Å²) in [6, 6.07) is 21.7.